The fourth-order valence-corrected chi connectivity index (χ4v) is 1.82. The minimum absolute atomic E-state index is 0.146. The molecule has 74 valence electrons. The number of hydrogen-bond donors (Lipinski definition) is 1. The molecule has 2 rings (SSSR count). The van der Waals surface area contributed by atoms with Crippen LogP contribution >= 0.6 is 0 Å². The molecule has 1 aliphatic rings. The summed E-state index contributed by atoms with van der Waals surface area (Å²) in [4.78, 5) is 15.9. The smallest absolute Gasteiger partial charge is 0.168 e. The van der Waals surface area contributed by atoms with Crippen molar-refractivity contribution < 1.29 is 4.79 Å². The van der Waals surface area contributed by atoms with E-state index in [1.165, 1.54) is 0 Å². The van der Waals surface area contributed by atoms with E-state index < -0.39 is 0 Å². The Balaban J connectivity index is 2.07. The number of piperidine rings is 1. The number of hydrogen-bond acceptors (Lipinski definition) is 3. The van der Waals surface area contributed by atoms with Crippen molar-refractivity contribution >= 4 is 5.78 Å². The van der Waals surface area contributed by atoms with Crippen molar-refractivity contribution in [2.75, 3.05) is 13.1 Å². The Kier molecular flexibility index (Phi) is 2.89. The topological polar surface area (TPSA) is 42.0 Å². The van der Waals surface area contributed by atoms with Gasteiger partial charge in [0, 0.05) is 30.4 Å². The van der Waals surface area contributed by atoms with Gasteiger partial charge in [-0.3, -0.25) is 9.78 Å². The lowest BCUT2D eigenvalue weighted by Crippen LogP contribution is -2.34. The first-order valence-electron chi connectivity index (χ1n) is 5.03. The lowest BCUT2D eigenvalue weighted by Gasteiger charge is -2.21. The molecule has 1 aromatic heterocycles. The van der Waals surface area contributed by atoms with E-state index in [0.29, 0.717) is 0 Å². The second-order valence-electron chi connectivity index (χ2n) is 3.65. The predicted octanol–water partition coefficient (Wildman–Crippen LogP) is 1.26. The minimum atomic E-state index is 0.146. The molecule has 0 unspecified atom stereocenters. The molecule has 0 aromatic carbocycles. The maximum atomic E-state index is 11.9. The van der Waals surface area contributed by atoms with E-state index in [0.717, 1.165) is 31.5 Å². The zero-order valence-corrected chi connectivity index (χ0v) is 8.07. The first-order chi connectivity index (χ1) is 6.88. The lowest BCUT2D eigenvalue weighted by molar-refractivity contribution is 0.0899. The SMILES string of the molecule is O=C(c1cccnc1)[C@H]1CCCNC1. The number of nitrogens with one attached hydrogen (secondary N) is 1. The monoisotopic (exact) mass is 190 g/mol. The summed E-state index contributed by atoms with van der Waals surface area (Å²) < 4.78 is 0. The van der Waals surface area contributed by atoms with Gasteiger partial charge in [-0.1, -0.05) is 0 Å². The molecule has 3 heteroatoms. The van der Waals surface area contributed by atoms with E-state index >= 15 is 0 Å². The molecule has 1 aliphatic heterocycles. The van der Waals surface area contributed by atoms with Gasteiger partial charge in [0.05, 0.1) is 0 Å². The number of rotatable bonds is 2. The van der Waals surface area contributed by atoms with Gasteiger partial charge in [0.15, 0.2) is 5.78 Å². The molecule has 14 heavy (non-hydrogen) atoms. The van der Waals surface area contributed by atoms with Gasteiger partial charge in [0.2, 0.25) is 0 Å². The van der Waals surface area contributed by atoms with Crippen molar-refractivity contribution in [3.8, 4) is 0 Å². The standard InChI is InChI=1S/C11H14N2O/c14-11(9-3-1-5-12-7-9)10-4-2-6-13-8-10/h1,3,5,7,10,13H,2,4,6,8H2/t10-/m0/s1. The molecule has 2 heterocycles. The lowest BCUT2D eigenvalue weighted by atomic mass is 9.92. The van der Waals surface area contributed by atoms with Gasteiger partial charge in [-0.05, 0) is 31.5 Å². The molecule has 0 amide bonds. The number of carbonyl (C=O) groups is 1. The second-order valence-corrected chi connectivity index (χ2v) is 3.65. The van der Waals surface area contributed by atoms with Gasteiger partial charge in [-0.2, -0.15) is 0 Å². The van der Waals surface area contributed by atoms with Gasteiger partial charge < -0.3 is 5.32 Å². The highest BCUT2D eigenvalue weighted by Crippen LogP contribution is 2.15. The summed E-state index contributed by atoms with van der Waals surface area (Å²) in [7, 11) is 0. The van der Waals surface area contributed by atoms with Crippen LogP contribution in [0.15, 0.2) is 24.5 Å². The molecule has 0 saturated carbocycles. The van der Waals surface area contributed by atoms with Crippen LogP contribution in [0.1, 0.15) is 23.2 Å². The van der Waals surface area contributed by atoms with Gasteiger partial charge in [0.1, 0.15) is 0 Å². The Bertz CT molecular complexity index is 304. The summed E-state index contributed by atoms with van der Waals surface area (Å²) in [6, 6.07) is 3.65. The molecule has 3 nitrogen and oxygen atoms in total. The normalized spacial score (nSPS) is 21.9. The van der Waals surface area contributed by atoms with E-state index in [2.05, 4.69) is 10.3 Å². The summed E-state index contributed by atoms with van der Waals surface area (Å²) in [5.41, 5.74) is 0.737. The van der Waals surface area contributed by atoms with Gasteiger partial charge in [0.25, 0.3) is 0 Å². The van der Waals surface area contributed by atoms with E-state index in [1.54, 1.807) is 12.4 Å². The number of aromatic nitrogens is 1. The second kappa shape index (κ2) is 4.33. The molecule has 1 fully saturated rings. The van der Waals surface area contributed by atoms with Crippen LogP contribution < -0.4 is 5.32 Å². The number of Topliss-reactive ketones (excluding diaryl/α,β-unsaturated/α-hetero) is 1. The van der Waals surface area contributed by atoms with Crippen molar-refractivity contribution in [3.05, 3.63) is 30.1 Å². The first kappa shape index (κ1) is 9.34. The van der Waals surface area contributed by atoms with Crippen LogP contribution in [0.3, 0.4) is 0 Å². The molecular weight excluding hydrogens is 176 g/mol. The number of pyridine rings is 1. The Labute approximate surface area is 83.5 Å². The maximum Gasteiger partial charge on any atom is 0.168 e. The minimum Gasteiger partial charge on any atom is -0.316 e. The Morgan fingerprint density at radius 2 is 2.50 bits per heavy atom. The van der Waals surface area contributed by atoms with Crippen LogP contribution in [-0.4, -0.2) is 23.9 Å². The fraction of sp³-hybridized carbons (Fsp3) is 0.455. The number of nitrogens with zero attached hydrogens (tertiary/aromatic N) is 1. The largest absolute Gasteiger partial charge is 0.316 e. The van der Waals surface area contributed by atoms with Crippen LogP contribution in [0.5, 0.6) is 0 Å². The molecule has 1 saturated heterocycles. The Hall–Kier alpha value is -1.22. The zero-order chi connectivity index (χ0) is 9.80. The number of carbonyl (C=O) groups excluding carboxylic acids is 1. The van der Waals surface area contributed by atoms with Crippen LogP contribution in [0, 0.1) is 5.92 Å². The van der Waals surface area contributed by atoms with Gasteiger partial charge in [-0.15, -0.1) is 0 Å². The third-order valence-electron chi connectivity index (χ3n) is 2.61. The van der Waals surface area contributed by atoms with E-state index in [1.807, 2.05) is 12.1 Å². The van der Waals surface area contributed by atoms with Crippen molar-refractivity contribution in [1.82, 2.24) is 10.3 Å². The van der Waals surface area contributed by atoms with Crippen molar-refractivity contribution in [1.29, 1.82) is 0 Å². The average molecular weight is 190 g/mol. The predicted molar refractivity (Wildman–Crippen MR) is 54.2 cm³/mol. The van der Waals surface area contributed by atoms with Gasteiger partial charge in [-0.25, -0.2) is 0 Å². The highest BCUT2D eigenvalue weighted by molar-refractivity contribution is 5.97. The first-order valence-corrected chi connectivity index (χ1v) is 5.03. The highest BCUT2D eigenvalue weighted by Gasteiger charge is 2.21. The third kappa shape index (κ3) is 1.99. The van der Waals surface area contributed by atoms with Crippen molar-refractivity contribution in [2.24, 2.45) is 5.92 Å². The van der Waals surface area contributed by atoms with Crippen molar-refractivity contribution in [2.45, 2.75) is 12.8 Å². The molecule has 0 radical (unpaired) electrons. The summed E-state index contributed by atoms with van der Waals surface area (Å²) in [6.45, 7) is 1.85. The maximum absolute atomic E-state index is 11.9. The van der Waals surface area contributed by atoms with Crippen LogP contribution in [0.2, 0.25) is 0 Å². The quantitative estimate of drug-likeness (QED) is 0.714. The number of ketones is 1. The Morgan fingerprint density at radius 3 is 3.14 bits per heavy atom. The van der Waals surface area contributed by atoms with Crippen molar-refractivity contribution in [3.63, 3.8) is 0 Å². The summed E-state index contributed by atoms with van der Waals surface area (Å²) in [5, 5.41) is 3.24. The summed E-state index contributed by atoms with van der Waals surface area (Å²) >= 11 is 0. The highest BCUT2D eigenvalue weighted by atomic mass is 16.1. The molecule has 1 N–H and O–H groups in total. The van der Waals surface area contributed by atoms with Crippen LogP contribution in [0.25, 0.3) is 0 Å². The van der Waals surface area contributed by atoms with E-state index in [-0.39, 0.29) is 11.7 Å². The molecular formula is C11H14N2O. The van der Waals surface area contributed by atoms with E-state index in [9.17, 15) is 4.79 Å². The molecule has 1 aromatic rings. The summed E-state index contributed by atoms with van der Waals surface area (Å²) in [5.74, 6) is 0.373. The summed E-state index contributed by atoms with van der Waals surface area (Å²) in [6.07, 6.45) is 5.43. The van der Waals surface area contributed by atoms with Crippen LogP contribution in [-0.2, 0) is 0 Å². The average Bonchev–Trinajstić information content (AvgIpc) is 2.30. The molecule has 1 atom stereocenters. The third-order valence-corrected chi connectivity index (χ3v) is 2.61. The van der Waals surface area contributed by atoms with Gasteiger partial charge >= 0.3 is 0 Å². The zero-order valence-electron chi connectivity index (χ0n) is 8.07. The Morgan fingerprint density at radius 1 is 1.57 bits per heavy atom. The van der Waals surface area contributed by atoms with Crippen LogP contribution in [0.4, 0.5) is 0 Å². The molecule has 0 bridgehead atoms. The van der Waals surface area contributed by atoms with E-state index in [4.69, 9.17) is 0 Å². The molecule has 0 aliphatic carbocycles. The fourth-order valence-electron chi connectivity index (χ4n) is 1.82. The molecule has 0 spiro atoms.